The van der Waals surface area contributed by atoms with Gasteiger partial charge in [-0.25, -0.2) is 13.2 Å². The number of nitrogens with two attached hydrogens (primary N) is 1. The highest BCUT2D eigenvalue weighted by molar-refractivity contribution is 5.97. The molecular weight excluding hydrogens is 265 g/mol. The van der Waals surface area contributed by atoms with E-state index in [1.165, 1.54) is 0 Å². The maximum atomic E-state index is 13.2. The number of alkyl halides is 2. The topological polar surface area (TPSA) is 92.4 Å². The molecule has 4 N–H and O–H groups in total. The van der Waals surface area contributed by atoms with E-state index in [1.54, 1.807) is 0 Å². The molecule has 0 saturated heterocycles. The Hall–Kier alpha value is -2.09. The number of amides is 2. The van der Waals surface area contributed by atoms with Crippen LogP contribution in [0.3, 0.4) is 0 Å². The fourth-order valence-electron chi connectivity index (χ4n) is 1.29. The number of aliphatic hydroxyl groups excluding tert-OH is 1. The van der Waals surface area contributed by atoms with Crippen LogP contribution in [0.1, 0.15) is 22.3 Å². The van der Waals surface area contributed by atoms with E-state index < -0.39 is 42.3 Å². The lowest BCUT2D eigenvalue weighted by Gasteiger charge is -2.13. The average molecular weight is 276 g/mol. The van der Waals surface area contributed by atoms with Crippen LogP contribution in [0.4, 0.5) is 13.2 Å². The predicted molar refractivity (Wildman–Crippen MR) is 58.9 cm³/mol. The van der Waals surface area contributed by atoms with Gasteiger partial charge in [-0.3, -0.25) is 9.59 Å². The Balaban J connectivity index is 2.89. The standard InChI is InChI=1S/C11H11F3N2O3/c12-7-3-5(1-2-6(7)9(13)14)11(19)16-8(4-17)10(15)18/h1-3,8-9,17H,4H2,(H2,15,18)(H,16,19)/t8-/m0/s1. The lowest BCUT2D eigenvalue weighted by Crippen LogP contribution is -2.46. The minimum absolute atomic E-state index is 0.262. The summed E-state index contributed by atoms with van der Waals surface area (Å²) >= 11 is 0. The van der Waals surface area contributed by atoms with E-state index in [9.17, 15) is 22.8 Å². The highest BCUT2D eigenvalue weighted by Crippen LogP contribution is 2.22. The minimum Gasteiger partial charge on any atom is -0.394 e. The summed E-state index contributed by atoms with van der Waals surface area (Å²) in [7, 11) is 0. The van der Waals surface area contributed by atoms with Crippen molar-refractivity contribution in [1.82, 2.24) is 5.32 Å². The number of carbonyl (C=O) groups excluding carboxylic acids is 2. The van der Waals surface area contributed by atoms with Crippen molar-refractivity contribution in [2.45, 2.75) is 12.5 Å². The number of benzene rings is 1. The van der Waals surface area contributed by atoms with Gasteiger partial charge in [0, 0.05) is 5.56 Å². The first-order chi connectivity index (χ1) is 8.86. The van der Waals surface area contributed by atoms with Gasteiger partial charge in [0.2, 0.25) is 5.91 Å². The van der Waals surface area contributed by atoms with Crippen molar-refractivity contribution in [2.75, 3.05) is 6.61 Å². The highest BCUT2D eigenvalue weighted by atomic mass is 19.3. The van der Waals surface area contributed by atoms with Gasteiger partial charge in [-0.15, -0.1) is 0 Å². The summed E-state index contributed by atoms with van der Waals surface area (Å²) in [6.45, 7) is -0.724. The Labute approximate surface area is 106 Å². The molecule has 0 unspecified atom stereocenters. The van der Waals surface area contributed by atoms with E-state index >= 15 is 0 Å². The second-order valence-corrected chi connectivity index (χ2v) is 3.65. The molecule has 0 aliphatic carbocycles. The number of halogens is 3. The zero-order valence-corrected chi connectivity index (χ0v) is 9.57. The molecule has 0 bridgehead atoms. The SMILES string of the molecule is NC(=O)[C@H](CO)NC(=O)c1ccc(C(F)F)c(F)c1. The molecule has 0 aliphatic heterocycles. The molecule has 5 nitrogen and oxygen atoms in total. The third-order valence-electron chi connectivity index (χ3n) is 2.33. The average Bonchev–Trinajstić information content (AvgIpc) is 2.34. The van der Waals surface area contributed by atoms with Crippen molar-refractivity contribution >= 4 is 11.8 Å². The molecule has 0 saturated carbocycles. The fourth-order valence-corrected chi connectivity index (χ4v) is 1.29. The molecular formula is C11H11F3N2O3. The van der Waals surface area contributed by atoms with Crippen LogP contribution >= 0.6 is 0 Å². The summed E-state index contributed by atoms with van der Waals surface area (Å²) < 4.78 is 37.8. The molecule has 0 fully saturated rings. The number of hydrogen-bond acceptors (Lipinski definition) is 3. The quantitative estimate of drug-likeness (QED) is 0.724. The van der Waals surface area contributed by atoms with E-state index in [1.807, 2.05) is 5.32 Å². The van der Waals surface area contributed by atoms with Crippen LogP contribution in [0, 0.1) is 5.82 Å². The monoisotopic (exact) mass is 276 g/mol. The molecule has 1 rings (SSSR count). The largest absolute Gasteiger partial charge is 0.394 e. The van der Waals surface area contributed by atoms with Gasteiger partial charge in [-0.1, -0.05) is 0 Å². The molecule has 1 aromatic rings. The molecule has 0 aromatic heterocycles. The van der Waals surface area contributed by atoms with Gasteiger partial charge >= 0.3 is 0 Å². The van der Waals surface area contributed by atoms with Gasteiger partial charge in [-0.2, -0.15) is 0 Å². The molecule has 19 heavy (non-hydrogen) atoms. The summed E-state index contributed by atoms with van der Waals surface area (Å²) in [5.74, 6) is -3.11. The van der Waals surface area contributed by atoms with Crippen LogP contribution in [0.5, 0.6) is 0 Å². The van der Waals surface area contributed by atoms with E-state index in [2.05, 4.69) is 0 Å². The van der Waals surface area contributed by atoms with Crippen molar-refractivity contribution in [3.05, 3.63) is 35.1 Å². The van der Waals surface area contributed by atoms with Crippen molar-refractivity contribution in [3.63, 3.8) is 0 Å². The van der Waals surface area contributed by atoms with Crippen molar-refractivity contribution in [2.24, 2.45) is 5.73 Å². The van der Waals surface area contributed by atoms with E-state index in [0.29, 0.717) is 6.07 Å². The van der Waals surface area contributed by atoms with Gasteiger partial charge in [0.05, 0.1) is 12.2 Å². The Kier molecular flexibility index (Phi) is 4.87. The zero-order chi connectivity index (χ0) is 14.6. The third kappa shape index (κ3) is 3.68. The molecule has 2 amide bonds. The Morgan fingerprint density at radius 1 is 1.37 bits per heavy atom. The highest BCUT2D eigenvalue weighted by Gasteiger charge is 2.20. The maximum Gasteiger partial charge on any atom is 0.266 e. The third-order valence-corrected chi connectivity index (χ3v) is 2.33. The smallest absolute Gasteiger partial charge is 0.266 e. The van der Waals surface area contributed by atoms with Gasteiger partial charge < -0.3 is 16.2 Å². The lowest BCUT2D eigenvalue weighted by molar-refractivity contribution is -0.120. The molecule has 0 heterocycles. The normalized spacial score (nSPS) is 12.3. The molecule has 0 spiro atoms. The minimum atomic E-state index is -2.99. The first-order valence-electron chi connectivity index (χ1n) is 5.15. The number of rotatable bonds is 5. The van der Waals surface area contributed by atoms with Gasteiger partial charge in [-0.05, 0) is 18.2 Å². The van der Waals surface area contributed by atoms with Crippen LogP contribution in [0.2, 0.25) is 0 Å². The molecule has 1 aromatic carbocycles. The summed E-state index contributed by atoms with van der Waals surface area (Å²) in [6, 6.07) is 1.04. The van der Waals surface area contributed by atoms with Crippen LogP contribution in [0.15, 0.2) is 18.2 Å². The molecule has 104 valence electrons. The number of primary amides is 1. The van der Waals surface area contributed by atoms with Crippen molar-refractivity contribution in [3.8, 4) is 0 Å². The number of carbonyl (C=O) groups is 2. The second kappa shape index (κ2) is 6.19. The van der Waals surface area contributed by atoms with Crippen LogP contribution in [0.25, 0.3) is 0 Å². The summed E-state index contributed by atoms with van der Waals surface area (Å²) in [5, 5.41) is 10.8. The Bertz CT molecular complexity index is 494. The number of nitrogens with one attached hydrogen (secondary N) is 1. The van der Waals surface area contributed by atoms with E-state index in [4.69, 9.17) is 10.8 Å². The summed E-state index contributed by atoms with van der Waals surface area (Å²) in [4.78, 5) is 22.3. The van der Waals surface area contributed by atoms with Crippen LogP contribution in [-0.4, -0.2) is 29.6 Å². The first-order valence-corrected chi connectivity index (χ1v) is 5.15. The molecule has 8 heteroatoms. The number of aliphatic hydroxyl groups is 1. The van der Waals surface area contributed by atoms with Gasteiger partial charge in [0.15, 0.2) is 0 Å². The van der Waals surface area contributed by atoms with Gasteiger partial charge in [0.25, 0.3) is 12.3 Å². The lowest BCUT2D eigenvalue weighted by atomic mass is 10.1. The van der Waals surface area contributed by atoms with Crippen LogP contribution < -0.4 is 11.1 Å². The molecule has 1 atom stereocenters. The zero-order valence-electron chi connectivity index (χ0n) is 9.57. The summed E-state index contributed by atoms with van der Waals surface area (Å²) in [6.07, 6.45) is -2.99. The van der Waals surface area contributed by atoms with Crippen molar-refractivity contribution < 1.29 is 27.9 Å². The fraction of sp³-hybridized carbons (Fsp3) is 0.273. The van der Waals surface area contributed by atoms with Gasteiger partial charge in [0.1, 0.15) is 11.9 Å². The van der Waals surface area contributed by atoms with Crippen molar-refractivity contribution in [1.29, 1.82) is 0 Å². The Morgan fingerprint density at radius 2 is 2.00 bits per heavy atom. The molecule has 0 radical (unpaired) electrons. The second-order valence-electron chi connectivity index (χ2n) is 3.65. The first kappa shape index (κ1) is 15.0. The van der Waals surface area contributed by atoms with E-state index in [-0.39, 0.29) is 5.56 Å². The summed E-state index contributed by atoms with van der Waals surface area (Å²) in [5.41, 5.74) is 3.79. The van der Waals surface area contributed by atoms with Crippen LogP contribution in [-0.2, 0) is 4.79 Å². The predicted octanol–water partition coefficient (Wildman–Crippen LogP) is 0.339. The Morgan fingerprint density at radius 3 is 2.42 bits per heavy atom. The maximum absolute atomic E-state index is 13.2. The number of hydrogen-bond donors (Lipinski definition) is 3. The van der Waals surface area contributed by atoms with E-state index in [0.717, 1.165) is 12.1 Å². The molecule has 0 aliphatic rings.